The molecule has 0 atom stereocenters. The zero-order valence-electron chi connectivity index (χ0n) is 17.0. The van der Waals surface area contributed by atoms with E-state index in [0.29, 0.717) is 34.6 Å². The summed E-state index contributed by atoms with van der Waals surface area (Å²) in [7, 11) is 1.32. The van der Waals surface area contributed by atoms with Gasteiger partial charge < -0.3 is 14.1 Å². The summed E-state index contributed by atoms with van der Waals surface area (Å²) in [6, 6.07) is 7.04. The number of hydrogen-bond acceptors (Lipinski definition) is 6. The maximum Gasteiger partial charge on any atom is 0.373 e. The highest BCUT2D eigenvalue weighted by Gasteiger charge is 2.21. The van der Waals surface area contributed by atoms with Crippen molar-refractivity contribution >= 4 is 46.8 Å². The molecule has 0 saturated carbocycles. The normalized spacial score (nSPS) is 15.1. The number of carbonyl (C=O) groups excluding carboxylic acids is 2. The molecule has 2 aromatic rings. The van der Waals surface area contributed by atoms with Gasteiger partial charge in [0.15, 0.2) is 0 Å². The van der Waals surface area contributed by atoms with Gasteiger partial charge in [0, 0.05) is 36.1 Å². The maximum absolute atomic E-state index is 12.7. The van der Waals surface area contributed by atoms with Gasteiger partial charge in [-0.2, -0.15) is 0 Å². The maximum atomic E-state index is 12.7. The van der Waals surface area contributed by atoms with E-state index in [1.54, 1.807) is 18.2 Å². The Labute approximate surface area is 190 Å². The monoisotopic (exact) mass is 470 g/mol. The van der Waals surface area contributed by atoms with Crippen LogP contribution in [-0.2, 0) is 16.1 Å². The number of ether oxygens (including phenoxy) is 1. The largest absolute Gasteiger partial charge is 0.463 e. The summed E-state index contributed by atoms with van der Waals surface area (Å²) in [6.45, 7) is 5.47. The first kappa shape index (κ1) is 23.0. The standard InChI is InChI=1S/C21H24Cl2N2O4S/c1-14-10-19(17(23)11-16(14)22)30-13-20(26)25-7-3-6-24(8-9-25)12-15-4-5-18(29-15)21(27)28-2/h4-5,10-11H,3,6-9,12-13H2,1-2H3. The van der Waals surface area contributed by atoms with Crippen LogP contribution in [0, 0.1) is 6.92 Å². The van der Waals surface area contributed by atoms with E-state index in [4.69, 9.17) is 27.6 Å². The van der Waals surface area contributed by atoms with E-state index < -0.39 is 5.97 Å². The van der Waals surface area contributed by atoms with E-state index in [2.05, 4.69) is 9.64 Å². The van der Waals surface area contributed by atoms with E-state index in [1.165, 1.54) is 18.9 Å². The molecule has 1 fully saturated rings. The third-order valence-electron chi connectivity index (χ3n) is 4.93. The molecule has 6 nitrogen and oxygen atoms in total. The molecule has 30 heavy (non-hydrogen) atoms. The van der Waals surface area contributed by atoms with Gasteiger partial charge in [0.1, 0.15) is 5.76 Å². The quantitative estimate of drug-likeness (QED) is 0.457. The van der Waals surface area contributed by atoms with Crippen LogP contribution >= 0.6 is 35.0 Å². The van der Waals surface area contributed by atoms with Gasteiger partial charge in [0.2, 0.25) is 11.7 Å². The van der Waals surface area contributed by atoms with Gasteiger partial charge in [-0.05, 0) is 43.2 Å². The number of esters is 1. The van der Waals surface area contributed by atoms with Crippen molar-refractivity contribution in [1.82, 2.24) is 9.80 Å². The average molecular weight is 471 g/mol. The van der Waals surface area contributed by atoms with Gasteiger partial charge in [-0.3, -0.25) is 9.69 Å². The van der Waals surface area contributed by atoms with Crippen molar-refractivity contribution in [1.29, 1.82) is 0 Å². The molecule has 0 N–H and O–H groups in total. The number of carbonyl (C=O) groups is 2. The number of amides is 1. The predicted molar refractivity (Wildman–Crippen MR) is 118 cm³/mol. The van der Waals surface area contributed by atoms with Gasteiger partial charge in [-0.15, -0.1) is 11.8 Å². The van der Waals surface area contributed by atoms with Gasteiger partial charge in [-0.1, -0.05) is 23.2 Å². The Bertz CT molecular complexity index is 918. The van der Waals surface area contributed by atoms with Crippen LogP contribution in [0.25, 0.3) is 0 Å². The van der Waals surface area contributed by atoms with Crippen molar-refractivity contribution in [3.05, 3.63) is 51.4 Å². The van der Waals surface area contributed by atoms with Crippen molar-refractivity contribution in [3.63, 3.8) is 0 Å². The van der Waals surface area contributed by atoms with Crippen LogP contribution in [-0.4, -0.2) is 60.7 Å². The van der Waals surface area contributed by atoms with Crippen LogP contribution in [0.3, 0.4) is 0 Å². The van der Waals surface area contributed by atoms with Crippen molar-refractivity contribution in [3.8, 4) is 0 Å². The molecule has 0 unspecified atom stereocenters. The summed E-state index contributed by atoms with van der Waals surface area (Å²) in [5.41, 5.74) is 0.940. The highest BCUT2D eigenvalue weighted by atomic mass is 35.5. The van der Waals surface area contributed by atoms with E-state index >= 15 is 0 Å². The van der Waals surface area contributed by atoms with Crippen molar-refractivity contribution < 1.29 is 18.7 Å². The third kappa shape index (κ3) is 5.94. The summed E-state index contributed by atoms with van der Waals surface area (Å²) < 4.78 is 10.2. The van der Waals surface area contributed by atoms with Crippen molar-refractivity contribution in [2.75, 3.05) is 39.0 Å². The van der Waals surface area contributed by atoms with Crippen LogP contribution in [0.15, 0.2) is 33.6 Å². The second-order valence-electron chi connectivity index (χ2n) is 7.09. The lowest BCUT2D eigenvalue weighted by Gasteiger charge is -2.21. The number of aryl methyl sites for hydroxylation is 1. The fraction of sp³-hybridized carbons (Fsp3) is 0.429. The summed E-state index contributed by atoms with van der Waals surface area (Å²) in [6.07, 6.45) is 0.877. The zero-order valence-corrected chi connectivity index (χ0v) is 19.3. The Balaban J connectivity index is 1.51. The molecule has 1 amide bonds. The SMILES string of the molecule is COC(=O)c1ccc(CN2CCCN(C(=O)CSc3cc(C)c(Cl)cc3Cl)CC2)o1. The zero-order chi connectivity index (χ0) is 21.7. The van der Waals surface area contributed by atoms with E-state index in [0.717, 1.165) is 36.5 Å². The predicted octanol–water partition coefficient (Wildman–Crippen LogP) is 4.51. The molecule has 1 aliphatic heterocycles. The lowest BCUT2D eigenvalue weighted by molar-refractivity contribution is -0.128. The fourth-order valence-electron chi connectivity index (χ4n) is 3.24. The highest BCUT2D eigenvalue weighted by Crippen LogP contribution is 2.32. The van der Waals surface area contributed by atoms with E-state index in [-0.39, 0.29) is 11.7 Å². The molecule has 1 aliphatic rings. The number of furan rings is 1. The molecule has 0 bridgehead atoms. The number of methoxy groups -OCH3 is 1. The van der Waals surface area contributed by atoms with Crippen LogP contribution in [0.5, 0.6) is 0 Å². The lowest BCUT2D eigenvalue weighted by atomic mass is 10.2. The molecular weight excluding hydrogens is 447 g/mol. The smallest absolute Gasteiger partial charge is 0.373 e. The summed E-state index contributed by atoms with van der Waals surface area (Å²) in [4.78, 5) is 29.2. The van der Waals surface area contributed by atoms with Gasteiger partial charge in [0.25, 0.3) is 0 Å². The molecule has 162 valence electrons. The van der Waals surface area contributed by atoms with E-state index in [1.807, 2.05) is 17.9 Å². The number of rotatable bonds is 6. The lowest BCUT2D eigenvalue weighted by Crippen LogP contribution is -2.36. The Kier molecular flexibility index (Phi) is 8.11. The van der Waals surface area contributed by atoms with Crippen molar-refractivity contribution in [2.24, 2.45) is 0 Å². The first-order valence-electron chi connectivity index (χ1n) is 9.63. The van der Waals surface area contributed by atoms with Crippen LogP contribution in [0.1, 0.15) is 28.3 Å². The number of nitrogens with zero attached hydrogens (tertiary/aromatic N) is 2. The molecule has 3 rings (SSSR count). The third-order valence-corrected chi connectivity index (χ3v) is 6.81. The first-order chi connectivity index (χ1) is 14.4. The van der Waals surface area contributed by atoms with Gasteiger partial charge in [0.05, 0.1) is 24.4 Å². The molecule has 0 spiro atoms. The Hall–Kier alpha value is -1.67. The summed E-state index contributed by atoms with van der Waals surface area (Å²) in [5, 5.41) is 1.19. The van der Waals surface area contributed by atoms with Gasteiger partial charge in [-0.25, -0.2) is 4.79 Å². The van der Waals surface area contributed by atoms with Gasteiger partial charge >= 0.3 is 5.97 Å². The molecular formula is C21H24Cl2N2O4S. The Morgan fingerprint density at radius 1 is 1.13 bits per heavy atom. The number of hydrogen-bond donors (Lipinski definition) is 0. The molecule has 1 aromatic carbocycles. The molecule has 1 saturated heterocycles. The number of thioether (sulfide) groups is 1. The minimum Gasteiger partial charge on any atom is -0.463 e. The molecule has 0 radical (unpaired) electrons. The molecule has 2 heterocycles. The van der Waals surface area contributed by atoms with E-state index in [9.17, 15) is 9.59 Å². The van der Waals surface area contributed by atoms with Crippen molar-refractivity contribution in [2.45, 2.75) is 24.8 Å². The average Bonchev–Trinajstić information content (AvgIpc) is 3.06. The van der Waals surface area contributed by atoms with Crippen LogP contribution in [0.4, 0.5) is 0 Å². The fourth-order valence-corrected chi connectivity index (χ4v) is 4.71. The summed E-state index contributed by atoms with van der Waals surface area (Å²) >= 11 is 13.8. The number of benzene rings is 1. The van der Waals surface area contributed by atoms with Crippen LogP contribution in [0.2, 0.25) is 10.0 Å². The second-order valence-corrected chi connectivity index (χ2v) is 8.92. The Morgan fingerprint density at radius 2 is 1.93 bits per heavy atom. The molecule has 1 aromatic heterocycles. The molecule has 0 aliphatic carbocycles. The summed E-state index contributed by atoms with van der Waals surface area (Å²) in [5.74, 6) is 0.853. The van der Waals surface area contributed by atoms with Crippen LogP contribution < -0.4 is 0 Å². The minimum atomic E-state index is -0.484. The second kappa shape index (κ2) is 10.6. The highest BCUT2D eigenvalue weighted by molar-refractivity contribution is 8.00. The molecule has 9 heteroatoms. The first-order valence-corrected chi connectivity index (χ1v) is 11.4. The Morgan fingerprint density at radius 3 is 2.70 bits per heavy atom. The topological polar surface area (TPSA) is 63.0 Å². The number of halogens is 2. The minimum absolute atomic E-state index is 0.0940.